The van der Waals surface area contributed by atoms with Crippen molar-refractivity contribution >= 4 is 50.6 Å². The van der Waals surface area contributed by atoms with Crippen LogP contribution >= 0.6 is 34.4 Å². The van der Waals surface area contributed by atoms with Gasteiger partial charge >= 0.3 is 0 Å². The van der Waals surface area contributed by atoms with Crippen LogP contribution in [0, 0.1) is 0 Å². The molecule has 1 fully saturated rings. The molecule has 0 saturated heterocycles. The van der Waals surface area contributed by atoms with Crippen molar-refractivity contribution in [3.05, 3.63) is 57.5 Å². The minimum absolute atomic E-state index is 0.0683. The maximum atomic E-state index is 12.9. The highest BCUT2D eigenvalue weighted by Crippen LogP contribution is 2.39. The van der Waals surface area contributed by atoms with Crippen molar-refractivity contribution in [1.82, 2.24) is 24.6 Å². The number of amides is 1. The molecule has 31 heavy (non-hydrogen) atoms. The predicted molar refractivity (Wildman–Crippen MR) is 127 cm³/mol. The zero-order valence-corrected chi connectivity index (χ0v) is 19.8. The Morgan fingerprint density at radius 3 is 2.84 bits per heavy atom. The van der Waals surface area contributed by atoms with Crippen LogP contribution in [-0.4, -0.2) is 43.4 Å². The van der Waals surface area contributed by atoms with E-state index in [0.717, 1.165) is 45.5 Å². The van der Waals surface area contributed by atoms with Gasteiger partial charge < -0.3 is 9.47 Å². The zero-order chi connectivity index (χ0) is 21.4. The van der Waals surface area contributed by atoms with Crippen LogP contribution in [0.5, 0.6) is 0 Å². The van der Waals surface area contributed by atoms with Crippen LogP contribution in [0.3, 0.4) is 0 Å². The summed E-state index contributed by atoms with van der Waals surface area (Å²) in [4.78, 5) is 20.7. The molecule has 4 aromatic rings. The number of benzene rings is 1. The molecule has 3 aromatic heterocycles. The number of aromatic nitrogens is 4. The van der Waals surface area contributed by atoms with Gasteiger partial charge in [0.25, 0.3) is 0 Å². The summed E-state index contributed by atoms with van der Waals surface area (Å²) in [5, 5.41) is 12.8. The number of para-hydroxylation sites is 1. The topological polar surface area (TPSA) is 63.9 Å². The van der Waals surface area contributed by atoms with E-state index in [9.17, 15) is 4.79 Å². The largest absolute Gasteiger partial charge is 0.336 e. The molecule has 1 aromatic carbocycles. The van der Waals surface area contributed by atoms with Crippen LogP contribution in [0.15, 0.2) is 46.9 Å². The van der Waals surface area contributed by atoms with Gasteiger partial charge in [-0.05, 0) is 43.3 Å². The standard InChI is InChI=1S/C22H23N5OS3/c1-14(21-23-17-7-3-4-8-18(17)31-21)26(2)20(28)13-30-22-25-24-19(27(22)15-9-10-15)12-16-6-5-11-29-16/h3-8,11,14-15H,9-10,12-13H2,1-2H3. The first kappa shape index (κ1) is 20.7. The van der Waals surface area contributed by atoms with Crippen molar-refractivity contribution in [1.29, 1.82) is 0 Å². The lowest BCUT2D eigenvalue weighted by Gasteiger charge is -2.23. The molecule has 0 N–H and O–H groups in total. The molecule has 1 saturated carbocycles. The predicted octanol–water partition coefficient (Wildman–Crippen LogP) is 5.19. The maximum Gasteiger partial charge on any atom is 0.233 e. The van der Waals surface area contributed by atoms with E-state index < -0.39 is 0 Å². The van der Waals surface area contributed by atoms with Gasteiger partial charge in [-0.15, -0.1) is 32.9 Å². The lowest BCUT2D eigenvalue weighted by atomic mass is 10.3. The number of thiophene rings is 1. The van der Waals surface area contributed by atoms with Crippen LogP contribution in [0.25, 0.3) is 10.2 Å². The average Bonchev–Trinajstić information content (AvgIpc) is 3.18. The summed E-state index contributed by atoms with van der Waals surface area (Å²) >= 11 is 4.87. The summed E-state index contributed by atoms with van der Waals surface area (Å²) in [7, 11) is 1.85. The molecule has 1 atom stereocenters. The van der Waals surface area contributed by atoms with Gasteiger partial charge in [0.2, 0.25) is 5.91 Å². The summed E-state index contributed by atoms with van der Waals surface area (Å²) in [5.41, 5.74) is 0.986. The quantitative estimate of drug-likeness (QED) is 0.333. The molecule has 0 bridgehead atoms. The van der Waals surface area contributed by atoms with Gasteiger partial charge in [-0.25, -0.2) is 4.98 Å². The fraction of sp³-hybridized carbons (Fsp3) is 0.364. The first-order valence-corrected chi connectivity index (χ1v) is 13.0. The molecule has 0 radical (unpaired) electrons. The number of hydrogen-bond donors (Lipinski definition) is 0. The number of rotatable bonds is 8. The molecule has 6 nitrogen and oxygen atoms in total. The molecule has 1 aliphatic carbocycles. The second-order valence-electron chi connectivity index (χ2n) is 7.75. The highest BCUT2D eigenvalue weighted by atomic mass is 32.2. The Morgan fingerprint density at radius 2 is 2.10 bits per heavy atom. The Kier molecular flexibility index (Phi) is 5.81. The van der Waals surface area contributed by atoms with E-state index in [4.69, 9.17) is 4.98 Å². The summed E-state index contributed by atoms with van der Waals surface area (Å²) in [6.45, 7) is 2.03. The zero-order valence-electron chi connectivity index (χ0n) is 17.4. The Labute approximate surface area is 193 Å². The highest BCUT2D eigenvalue weighted by Gasteiger charge is 2.30. The van der Waals surface area contributed by atoms with Gasteiger partial charge in [0.1, 0.15) is 10.8 Å². The van der Waals surface area contributed by atoms with Crippen LogP contribution in [-0.2, 0) is 11.2 Å². The lowest BCUT2D eigenvalue weighted by Crippen LogP contribution is -2.31. The Bertz CT molecular complexity index is 1160. The fourth-order valence-corrected chi connectivity index (χ4v) is 6.19. The monoisotopic (exact) mass is 469 g/mol. The van der Waals surface area contributed by atoms with Crippen molar-refractivity contribution < 1.29 is 4.79 Å². The lowest BCUT2D eigenvalue weighted by molar-refractivity contribution is -0.128. The average molecular weight is 470 g/mol. The molecule has 160 valence electrons. The van der Waals surface area contributed by atoms with Gasteiger partial charge in [-0.2, -0.15) is 0 Å². The maximum absolute atomic E-state index is 12.9. The molecular formula is C22H23N5OS3. The highest BCUT2D eigenvalue weighted by molar-refractivity contribution is 7.99. The Balaban J connectivity index is 1.26. The minimum atomic E-state index is -0.0683. The molecule has 5 rings (SSSR count). The summed E-state index contributed by atoms with van der Waals surface area (Å²) < 4.78 is 3.39. The van der Waals surface area contributed by atoms with Crippen LogP contribution in [0.1, 0.15) is 47.6 Å². The second kappa shape index (κ2) is 8.72. The smallest absolute Gasteiger partial charge is 0.233 e. The van der Waals surface area contributed by atoms with Crippen LogP contribution in [0.4, 0.5) is 0 Å². The van der Waals surface area contributed by atoms with Crippen molar-refractivity contribution in [3.63, 3.8) is 0 Å². The van der Waals surface area contributed by atoms with E-state index in [1.165, 1.54) is 16.6 Å². The number of hydrogen-bond acceptors (Lipinski definition) is 7. The fourth-order valence-electron chi connectivity index (χ4n) is 3.47. The van der Waals surface area contributed by atoms with Gasteiger partial charge in [-0.1, -0.05) is 30.0 Å². The van der Waals surface area contributed by atoms with Crippen LogP contribution in [0.2, 0.25) is 0 Å². The van der Waals surface area contributed by atoms with E-state index in [0.29, 0.717) is 11.8 Å². The number of carbonyl (C=O) groups excluding carboxylic acids is 1. The van der Waals surface area contributed by atoms with E-state index in [1.807, 2.05) is 32.2 Å². The number of thiazole rings is 1. The third kappa shape index (κ3) is 4.40. The minimum Gasteiger partial charge on any atom is -0.336 e. The van der Waals surface area contributed by atoms with Crippen LogP contribution < -0.4 is 0 Å². The molecule has 0 aliphatic heterocycles. The SMILES string of the molecule is CC(c1nc2ccccc2s1)N(C)C(=O)CSc1nnc(Cc2cccs2)n1C1CC1. The van der Waals surface area contributed by atoms with Gasteiger partial charge in [0, 0.05) is 24.4 Å². The first-order chi connectivity index (χ1) is 15.1. The van der Waals surface area contributed by atoms with E-state index in [1.54, 1.807) is 27.6 Å². The van der Waals surface area contributed by atoms with Gasteiger partial charge in [-0.3, -0.25) is 4.79 Å². The second-order valence-corrected chi connectivity index (χ2v) is 10.8. The summed E-state index contributed by atoms with van der Waals surface area (Å²) in [6.07, 6.45) is 3.11. The van der Waals surface area contributed by atoms with Gasteiger partial charge in [0.05, 0.1) is 22.0 Å². The number of thioether (sulfide) groups is 1. The molecule has 9 heteroatoms. The van der Waals surface area contributed by atoms with Crippen molar-refractivity contribution in [2.45, 2.75) is 43.4 Å². The third-order valence-corrected chi connectivity index (χ3v) is 8.54. The third-order valence-electron chi connectivity index (χ3n) is 5.53. The van der Waals surface area contributed by atoms with E-state index in [2.05, 4.69) is 38.3 Å². The Hall–Kier alpha value is -2.23. The summed E-state index contributed by atoms with van der Waals surface area (Å²) in [6, 6.07) is 12.7. The van der Waals surface area contributed by atoms with Crippen molar-refractivity contribution in [2.75, 3.05) is 12.8 Å². The molecule has 1 aliphatic rings. The molecule has 1 unspecified atom stereocenters. The molecule has 1 amide bonds. The van der Waals surface area contributed by atoms with Crippen molar-refractivity contribution in [2.24, 2.45) is 0 Å². The van der Waals surface area contributed by atoms with E-state index in [-0.39, 0.29) is 11.9 Å². The van der Waals surface area contributed by atoms with E-state index >= 15 is 0 Å². The Morgan fingerprint density at radius 1 is 1.26 bits per heavy atom. The summed E-state index contributed by atoms with van der Waals surface area (Å²) in [5.74, 6) is 1.41. The molecule has 3 heterocycles. The van der Waals surface area contributed by atoms with Crippen molar-refractivity contribution in [3.8, 4) is 0 Å². The first-order valence-electron chi connectivity index (χ1n) is 10.3. The molecule has 0 spiro atoms. The van der Waals surface area contributed by atoms with Gasteiger partial charge in [0.15, 0.2) is 5.16 Å². The number of nitrogens with zero attached hydrogens (tertiary/aromatic N) is 5. The number of fused-ring (bicyclic) bond motifs is 1. The molecular weight excluding hydrogens is 446 g/mol. The number of carbonyl (C=O) groups is 1. The normalized spacial score (nSPS) is 14.8.